The smallest absolute Gasteiger partial charge is 0.331 e. The van der Waals surface area contributed by atoms with Crippen molar-refractivity contribution in [2.75, 3.05) is 5.32 Å². The Hall–Kier alpha value is -3.71. The van der Waals surface area contributed by atoms with E-state index in [4.69, 9.17) is 16.3 Å². The molecule has 7 nitrogen and oxygen atoms in total. The molecule has 8 heteroatoms. The number of benzene rings is 2. The lowest BCUT2D eigenvalue weighted by Gasteiger charge is -2.12. The first kappa shape index (κ1) is 23.9. The SMILES string of the molecule is CC(=O)c1ccc(NC(=O)C(C)OC(=O)/C=C/c2c(C)nn(Cc3ccccc3)c2Cl)cc1. The summed E-state index contributed by atoms with van der Waals surface area (Å²) in [6, 6.07) is 16.2. The Kier molecular flexibility index (Phi) is 7.79. The van der Waals surface area contributed by atoms with E-state index in [9.17, 15) is 14.4 Å². The lowest BCUT2D eigenvalue weighted by atomic mass is 10.1. The van der Waals surface area contributed by atoms with Gasteiger partial charge in [0.1, 0.15) is 5.15 Å². The van der Waals surface area contributed by atoms with Gasteiger partial charge in [0.25, 0.3) is 5.91 Å². The Labute approximate surface area is 197 Å². The minimum absolute atomic E-state index is 0.0667. The van der Waals surface area contributed by atoms with Crippen molar-refractivity contribution in [2.45, 2.75) is 33.4 Å². The minimum atomic E-state index is -1.02. The number of anilines is 1. The van der Waals surface area contributed by atoms with Gasteiger partial charge in [-0.3, -0.25) is 9.59 Å². The highest BCUT2D eigenvalue weighted by Gasteiger charge is 2.17. The van der Waals surface area contributed by atoms with E-state index >= 15 is 0 Å². The molecule has 2 aromatic carbocycles. The van der Waals surface area contributed by atoms with Crippen molar-refractivity contribution >= 4 is 41.0 Å². The number of aromatic nitrogens is 2. The van der Waals surface area contributed by atoms with E-state index in [2.05, 4.69) is 10.4 Å². The van der Waals surface area contributed by atoms with Crippen LogP contribution in [0.15, 0.2) is 60.7 Å². The van der Waals surface area contributed by atoms with Crippen molar-refractivity contribution in [2.24, 2.45) is 0 Å². The number of nitrogens with zero attached hydrogens (tertiary/aromatic N) is 2. The van der Waals surface area contributed by atoms with Gasteiger partial charge in [-0.1, -0.05) is 41.9 Å². The van der Waals surface area contributed by atoms with E-state index in [0.717, 1.165) is 5.56 Å². The largest absolute Gasteiger partial charge is 0.449 e. The summed E-state index contributed by atoms with van der Waals surface area (Å²) in [6.45, 7) is 5.24. The summed E-state index contributed by atoms with van der Waals surface area (Å²) < 4.78 is 6.85. The lowest BCUT2D eigenvalue weighted by Crippen LogP contribution is -2.29. The summed E-state index contributed by atoms with van der Waals surface area (Å²) >= 11 is 6.45. The van der Waals surface area contributed by atoms with Crippen LogP contribution < -0.4 is 5.32 Å². The van der Waals surface area contributed by atoms with Crippen molar-refractivity contribution < 1.29 is 19.1 Å². The van der Waals surface area contributed by atoms with Gasteiger partial charge < -0.3 is 10.1 Å². The van der Waals surface area contributed by atoms with E-state index in [1.54, 1.807) is 35.9 Å². The summed E-state index contributed by atoms with van der Waals surface area (Å²) in [7, 11) is 0. The van der Waals surface area contributed by atoms with E-state index in [0.29, 0.717) is 34.2 Å². The molecule has 0 aliphatic carbocycles. The van der Waals surface area contributed by atoms with E-state index in [-0.39, 0.29) is 5.78 Å². The molecular formula is C25H24ClN3O4. The molecule has 1 aromatic heterocycles. The summed E-state index contributed by atoms with van der Waals surface area (Å²) in [4.78, 5) is 35.9. The fourth-order valence-corrected chi connectivity index (χ4v) is 3.37. The zero-order valence-electron chi connectivity index (χ0n) is 18.5. The van der Waals surface area contributed by atoms with Crippen molar-refractivity contribution in [3.8, 4) is 0 Å². The number of carbonyl (C=O) groups excluding carboxylic acids is 3. The first-order chi connectivity index (χ1) is 15.7. The third kappa shape index (κ3) is 6.40. The number of nitrogens with one attached hydrogen (secondary N) is 1. The van der Waals surface area contributed by atoms with Crippen molar-refractivity contribution in [3.63, 3.8) is 0 Å². The molecule has 0 fully saturated rings. The summed E-state index contributed by atoms with van der Waals surface area (Å²) in [6.07, 6.45) is 1.72. The highest BCUT2D eigenvalue weighted by molar-refractivity contribution is 6.31. The molecule has 0 saturated carbocycles. The predicted octanol–water partition coefficient (Wildman–Crippen LogP) is 4.68. The number of aryl methyl sites for hydroxylation is 1. The molecule has 0 aliphatic heterocycles. The van der Waals surface area contributed by atoms with Crippen LogP contribution in [0, 0.1) is 6.92 Å². The Morgan fingerprint density at radius 1 is 1.12 bits per heavy atom. The van der Waals surface area contributed by atoms with Crippen LogP contribution in [-0.2, 0) is 20.9 Å². The molecule has 3 aromatic rings. The predicted molar refractivity (Wildman–Crippen MR) is 127 cm³/mol. The molecule has 0 spiro atoms. The number of rotatable bonds is 8. The van der Waals surface area contributed by atoms with E-state index in [1.807, 2.05) is 30.3 Å². The number of ketones is 1. The van der Waals surface area contributed by atoms with Gasteiger partial charge in [-0.15, -0.1) is 0 Å². The molecular weight excluding hydrogens is 442 g/mol. The van der Waals surface area contributed by atoms with Crippen molar-refractivity contribution in [1.82, 2.24) is 9.78 Å². The second-order valence-electron chi connectivity index (χ2n) is 7.47. The number of hydrogen-bond donors (Lipinski definition) is 1. The average molecular weight is 466 g/mol. The number of amides is 1. The van der Waals surface area contributed by atoms with Gasteiger partial charge in [-0.2, -0.15) is 5.10 Å². The Morgan fingerprint density at radius 2 is 1.79 bits per heavy atom. The van der Waals surface area contributed by atoms with Crippen LogP contribution >= 0.6 is 11.6 Å². The van der Waals surface area contributed by atoms with Gasteiger partial charge >= 0.3 is 5.97 Å². The van der Waals surface area contributed by atoms with Crippen LogP contribution in [0.25, 0.3) is 6.08 Å². The molecule has 3 rings (SSSR count). The molecule has 0 saturated heterocycles. The van der Waals surface area contributed by atoms with Gasteiger partial charge in [0, 0.05) is 22.9 Å². The standard InChI is InChI=1S/C25H24ClN3O4/c1-16-22(24(26)29(28-16)15-19-7-5-4-6-8-19)13-14-23(31)33-18(3)25(32)27-21-11-9-20(10-12-21)17(2)30/h4-14,18H,15H2,1-3H3,(H,27,32)/b14-13+. The lowest BCUT2D eigenvalue weighted by molar-refractivity contribution is -0.148. The maximum absolute atomic E-state index is 12.3. The maximum atomic E-state index is 12.3. The summed E-state index contributed by atoms with van der Waals surface area (Å²) in [5.41, 5.74) is 3.36. The molecule has 1 atom stereocenters. The first-order valence-corrected chi connectivity index (χ1v) is 10.7. The Balaban J connectivity index is 1.59. The normalized spacial score (nSPS) is 11.9. The van der Waals surface area contributed by atoms with Crippen LogP contribution in [0.2, 0.25) is 5.15 Å². The molecule has 1 heterocycles. The molecule has 0 aliphatic rings. The van der Waals surface area contributed by atoms with E-state index < -0.39 is 18.0 Å². The maximum Gasteiger partial charge on any atom is 0.331 e. The third-order valence-electron chi connectivity index (χ3n) is 4.89. The fourth-order valence-electron chi connectivity index (χ4n) is 3.07. The molecule has 170 valence electrons. The molecule has 0 radical (unpaired) electrons. The topological polar surface area (TPSA) is 90.3 Å². The fraction of sp³-hybridized carbons (Fsp3) is 0.200. The van der Waals surface area contributed by atoms with Crippen molar-refractivity contribution in [3.05, 3.63) is 88.2 Å². The first-order valence-electron chi connectivity index (χ1n) is 10.3. The third-order valence-corrected chi connectivity index (χ3v) is 5.29. The van der Waals surface area contributed by atoms with Crippen LogP contribution in [0.5, 0.6) is 0 Å². The molecule has 1 amide bonds. The van der Waals surface area contributed by atoms with E-state index in [1.165, 1.54) is 26.0 Å². The average Bonchev–Trinajstić information content (AvgIpc) is 3.05. The number of halogens is 1. The van der Waals surface area contributed by atoms with Gasteiger partial charge in [-0.25, -0.2) is 9.48 Å². The summed E-state index contributed by atoms with van der Waals surface area (Å²) in [5.74, 6) is -1.24. The Bertz CT molecular complexity index is 1180. The van der Waals surface area contributed by atoms with Crippen molar-refractivity contribution in [1.29, 1.82) is 0 Å². The highest BCUT2D eigenvalue weighted by Crippen LogP contribution is 2.22. The van der Waals surface area contributed by atoms with Gasteiger partial charge in [-0.05, 0) is 56.7 Å². The number of Topliss-reactive ketones (excluding diaryl/α,β-unsaturated/α-hetero) is 1. The molecule has 1 N–H and O–H groups in total. The number of carbonyl (C=O) groups is 3. The van der Waals surface area contributed by atoms with Gasteiger partial charge in [0.15, 0.2) is 11.9 Å². The quantitative estimate of drug-likeness (QED) is 0.296. The van der Waals surface area contributed by atoms with Crippen LogP contribution in [0.4, 0.5) is 5.69 Å². The highest BCUT2D eigenvalue weighted by atomic mass is 35.5. The zero-order valence-corrected chi connectivity index (χ0v) is 19.3. The minimum Gasteiger partial charge on any atom is -0.449 e. The molecule has 0 bridgehead atoms. The second kappa shape index (κ2) is 10.7. The number of esters is 1. The zero-order chi connectivity index (χ0) is 24.0. The summed E-state index contributed by atoms with van der Waals surface area (Å²) in [5, 5.41) is 7.48. The molecule has 1 unspecified atom stereocenters. The van der Waals surface area contributed by atoms with Crippen LogP contribution in [0.3, 0.4) is 0 Å². The monoisotopic (exact) mass is 465 g/mol. The van der Waals surface area contributed by atoms with Crippen LogP contribution in [0.1, 0.15) is 41.0 Å². The van der Waals surface area contributed by atoms with Gasteiger partial charge in [0.2, 0.25) is 0 Å². The number of hydrogen-bond acceptors (Lipinski definition) is 5. The molecule has 33 heavy (non-hydrogen) atoms. The van der Waals surface area contributed by atoms with Crippen LogP contribution in [-0.4, -0.2) is 33.5 Å². The second-order valence-corrected chi connectivity index (χ2v) is 7.83. The van der Waals surface area contributed by atoms with Gasteiger partial charge in [0.05, 0.1) is 12.2 Å². The number of ether oxygens (including phenoxy) is 1. The Morgan fingerprint density at radius 3 is 2.42 bits per heavy atom.